The van der Waals surface area contributed by atoms with Crippen LogP contribution in [0.5, 0.6) is 0 Å². The van der Waals surface area contributed by atoms with Crippen molar-refractivity contribution in [2.24, 2.45) is 0 Å². The van der Waals surface area contributed by atoms with Crippen LogP contribution in [-0.4, -0.2) is 17.4 Å². The number of carbonyl (C=O) groups excluding carboxylic acids is 1. The topological polar surface area (TPSA) is 58.6 Å². The van der Waals surface area contributed by atoms with E-state index in [1.54, 1.807) is 0 Å². The second-order valence-corrected chi connectivity index (χ2v) is 1.45. The molecule has 0 spiro atoms. The van der Waals surface area contributed by atoms with Crippen molar-refractivity contribution >= 4 is 5.91 Å². The van der Waals surface area contributed by atoms with Gasteiger partial charge in [0.1, 0.15) is 0 Å². The van der Waals surface area contributed by atoms with Crippen LogP contribution in [0.1, 0.15) is 13.8 Å². The quantitative estimate of drug-likeness (QED) is 0.304. The molecule has 0 aliphatic heterocycles. The molecular formula is C4H9NO3. The summed E-state index contributed by atoms with van der Waals surface area (Å²) in [6, 6.07) is 0. The Labute approximate surface area is 47.4 Å². The molecule has 0 aromatic rings. The van der Waals surface area contributed by atoms with Gasteiger partial charge >= 0.3 is 0 Å². The molecule has 48 valence electrons. The molecule has 4 heteroatoms. The van der Waals surface area contributed by atoms with Crippen molar-refractivity contribution < 1.29 is 14.9 Å². The lowest BCUT2D eigenvalue weighted by molar-refractivity contribution is -0.279. The average molecular weight is 119 g/mol. The summed E-state index contributed by atoms with van der Waals surface area (Å²) < 4.78 is 0. The van der Waals surface area contributed by atoms with Gasteiger partial charge in [-0.15, -0.1) is 0 Å². The fourth-order valence-electron chi connectivity index (χ4n) is 0.313. The van der Waals surface area contributed by atoms with Gasteiger partial charge in [0.25, 0.3) is 0 Å². The molecule has 0 saturated heterocycles. The highest BCUT2D eigenvalue weighted by atomic mass is 17.1. The van der Waals surface area contributed by atoms with Crippen LogP contribution in [0.3, 0.4) is 0 Å². The molecule has 0 aliphatic rings. The minimum absolute atomic E-state index is 0.230. The smallest absolute Gasteiger partial charge is 0.218 e. The summed E-state index contributed by atoms with van der Waals surface area (Å²) in [5, 5.41) is 10.2. The molecule has 0 radical (unpaired) electrons. The van der Waals surface area contributed by atoms with Gasteiger partial charge in [0, 0.05) is 6.92 Å². The van der Waals surface area contributed by atoms with Crippen molar-refractivity contribution in [3.63, 3.8) is 0 Å². The number of nitrogens with one attached hydrogen (secondary N) is 1. The van der Waals surface area contributed by atoms with Crippen LogP contribution in [0, 0.1) is 0 Å². The molecule has 0 rings (SSSR count). The monoisotopic (exact) mass is 119 g/mol. The lowest BCUT2D eigenvalue weighted by atomic mass is 10.6. The third kappa shape index (κ3) is 3.58. The van der Waals surface area contributed by atoms with Gasteiger partial charge in [-0.25, -0.2) is 10.1 Å². The molecule has 0 heterocycles. The minimum atomic E-state index is -0.618. The first kappa shape index (κ1) is 7.39. The van der Waals surface area contributed by atoms with Crippen LogP contribution in [0.4, 0.5) is 0 Å². The number of hydrogen-bond donors (Lipinski definition) is 2. The first-order valence-electron chi connectivity index (χ1n) is 2.24. The molecule has 0 aromatic heterocycles. The van der Waals surface area contributed by atoms with Crippen molar-refractivity contribution in [3.8, 4) is 0 Å². The van der Waals surface area contributed by atoms with Gasteiger partial charge in [-0.05, 0) is 6.92 Å². The Morgan fingerprint density at radius 1 is 1.88 bits per heavy atom. The van der Waals surface area contributed by atoms with E-state index in [-0.39, 0.29) is 5.91 Å². The Balaban J connectivity index is 3.24. The zero-order chi connectivity index (χ0) is 6.57. The fraction of sp³-hybridized carbons (Fsp3) is 0.750. The van der Waals surface area contributed by atoms with E-state index >= 15 is 0 Å². The molecule has 4 nitrogen and oxygen atoms in total. The largest absolute Gasteiger partial charge is 0.329 e. The van der Waals surface area contributed by atoms with Crippen LogP contribution in [0.25, 0.3) is 0 Å². The first-order valence-corrected chi connectivity index (χ1v) is 2.24. The van der Waals surface area contributed by atoms with E-state index in [9.17, 15) is 4.79 Å². The van der Waals surface area contributed by atoms with Gasteiger partial charge < -0.3 is 5.32 Å². The minimum Gasteiger partial charge on any atom is -0.329 e. The zero-order valence-corrected chi connectivity index (χ0v) is 4.84. The van der Waals surface area contributed by atoms with Gasteiger partial charge in [-0.2, -0.15) is 0 Å². The van der Waals surface area contributed by atoms with E-state index in [1.165, 1.54) is 13.8 Å². The van der Waals surface area contributed by atoms with E-state index in [2.05, 4.69) is 10.2 Å². The van der Waals surface area contributed by atoms with E-state index < -0.39 is 6.23 Å². The Hall–Kier alpha value is -0.610. The zero-order valence-electron chi connectivity index (χ0n) is 4.84. The maximum absolute atomic E-state index is 10.1. The third-order valence-corrected chi connectivity index (χ3v) is 0.565. The number of carbonyl (C=O) groups is 1. The molecule has 0 saturated carbocycles. The van der Waals surface area contributed by atoms with Gasteiger partial charge in [-0.3, -0.25) is 4.79 Å². The van der Waals surface area contributed by atoms with E-state index in [0.717, 1.165) is 0 Å². The number of amides is 1. The summed E-state index contributed by atoms with van der Waals surface area (Å²) in [4.78, 5) is 13.8. The second-order valence-electron chi connectivity index (χ2n) is 1.45. The maximum Gasteiger partial charge on any atom is 0.218 e. The maximum atomic E-state index is 10.1. The molecule has 1 atom stereocenters. The highest BCUT2D eigenvalue weighted by molar-refractivity contribution is 5.72. The van der Waals surface area contributed by atoms with E-state index in [4.69, 9.17) is 5.26 Å². The molecule has 0 bridgehead atoms. The summed E-state index contributed by atoms with van der Waals surface area (Å²) in [6.45, 7) is 2.86. The molecule has 0 aliphatic carbocycles. The van der Waals surface area contributed by atoms with E-state index in [1.807, 2.05) is 0 Å². The molecule has 1 amide bonds. The lowest BCUT2D eigenvalue weighted by Gasteiger charge is -2.05. The van der Waals surface area contributed by atoms with Crippen LogP contribution >= 0.6 is 0 Å². The Bertz CT molecular complexity index is 83.4. The van der Waals surface area contributed by atoms with Gasteiger partial charge in [0.15, 0.2) is 6.23 Å². The Morgan fingerprint density at radius 3 is 2.50 bits per heavy atom. The summed E-state index contributed by atoms with van der Waals surface area (Å²) >= 11 is 0. The normalized spacial score (nSPS) is 12.9. The SMILES string of the molecule is CC(=O)NC(C)OO. The Kier molecular flexibility index (Phi) is 3.14. The van der Waals surface area contributed by atoms with Gasteiger partial charge in [0.2, 0.25) is 5.91 Å². The standard InChI is InChI=1S/C4H9NO3/c1-3(6)5-4(2)8-7/h4,7H,1-2H3,(H,5,6). The fourth-order valence-corrected chi connectivity index (χ4v) is 0.313. The molecule has 1 unspecified atom stereocenters. The Morgan fingerprint density at radius 2 is 2.38 bits per heavy atom. The highest BCUT2D eigenvalue weighted by Gasteiger charge is 1.98. The molecule has 0 aromatic carbocycles. The molecule has 8 heavy (non-hydrogen) atoms. The highest BCUT2D eigenvalue weighted by Crippen LogP contribution is 1.77. The van der Waals surface area contributed by atoms with Crippen molar-refractivity contribution in [2.45, 2.75) is 20.1 Å². The second kappa shape index (κ2) is 3.40. The summed E-state index contributed by atoms with van der Waals surface area (Å²) in [5.41, 5.74) is 0. The molecular weight excluding hydrogens is 110 g/mol. The lowest BCUT2D eigenvalue weighted by Crippen LogP contribution is -2.31. The summed E-state index contributed by atoms with van der Waals surface area (Å²) in [6.07, 6.45) is -0.618. The van der Waals surface area contributed by atoms with Crippen molar-refractivity contribution in [1.82, 2.24) is 5.32 Å². The predicted octanol–water partition coefficient (Wildman–Crippen LogP) is -0.0419. The predicted molar refractivity (Wildman–Crippen MR) is 27.0 cm³/mol. The summed E-state index contributed by atoms with van der Waals surface area (Å²) in [5.74, 6) is -0.230. The molecule has 2 N–H and O–H groups in total. The van der Waals surface area contributed by atoms with Crippen molar-refractivity contribution in [3.05, 3.63) is 0 Å². The number of rotatable bonds is 2. The van der Waals surface area contributed by atoms with Gasteiger partial charge in [0.05, 0.1) is 0 Å². The average Bonchev–Trinajstić information content (AvgIpc) is 1.65. The van der Waals surface area contributed by atoms with Crippen molar-refractivity contribution in [1.29, 1.82) is 0 Å². The van der Waals surface area contributed by atoms with Crippen LogP contribution in [-0.2, 0) is 9.68 Å². The van der Waals surface area contributed by atoms with Gasteiger partial charge in [-0.1, -0.05) is 0 Å². The first-order chi connectivity index (χ1) is 3.66. The van der Waals surface area contributed by atoms with Crippen LogP contribution in [0.2, 0.25) is 0 Å². The number of hydrogen-bond acceptors (Lipinski definition) is 3. The third-order valence-electron chi connectivity index (χ3n) is 0.565. The van der Waals surface area contributed by atoms with Crippen LogP contribution < -0.4 is 5.32 Å². The summed E-state index contributed by atoms with van der Waals surface area (Å²) in [7, 11) is 0. The van der Waals surface area contributed by atoms with Crippen molar-refractivity contribution in [2.75, 3.05) is 0 Å². The van der Waals surface area contributed by atoms with E-state index in [0.29, 0.717) is 0 Å². The van der Waals surface area contributed by atoms with Crippen LogP contribution in [0.15, 0.2) is 0 Å². The molecule has 0 fully saturated rings.